The van der Waals surface area contributed by atoms with E-state index in [1.54, 1.807) is 0 Å². The van der Waals surface area contributed by atoms with Crippen LogP contribution in [0.1, 0.15) is 32.3 Å². The van der Waals surface area contributed by atoms with Crippen LogP contribution in [0.25, 0.3) is 0 Å². The molecule has 4 heteroatoms. The molecule has 1 fully saturated rings. The second-order valence-corrected chi connectivity index (χ2v) is 5.93. The van der Waals surface area contributed by atoms with Gasteiger partial charge >= 0.3 is 0 Å². The first-order valence-electron chi connectivity index (χ1n) is 6.98. The fourth-order valence-corrected chi connectivity index (χ4v) is 2.65. The van der Waals surface area contributed by atoms with Crippen LogP contribution >= 0.6 is 15.9 Å². The van der Waals surface area contributed by atoms with Crippen molar-refractivity contribution in [2.24, 2.45) is 4.99 Å². The Bertz CT molecular complexity index is 444. The fraction of sp³-hybridized carbons (Fsp3) is 0.533. The third-order valence-corrected chi connectivity index (χ3v) is 4.01. The Morgan fingerprint density at radius 2 is 1.95 bits per heavy atom. The first-order valence-corrected chi connectivity index (χ1v) is 7.78. The number of halogens is 1. The van der Waals surface area contributed by atoms with Gasteiger partial charge in [-0.2, -0.15) is 0 Å². The molecule has 2 N–H and O–H groups in total. The molecule has 0 saturated heterocycles. The predicted octanol–water partition coefficient (Wildman–Crippen LogP) is 3.06. The Kier molecular flexibility index (Phi) is 4.86. The highest BCUT2D eigenvalue weighted by molar-refractivity contribution is 9.10. The summed E-state index contributed by atoms with van der Waals surface area (Å²) in [5.41, 5.74) is 1.66. The van der Waals surface area contributed by atoms with Crippen LogP contribution in [0.5, 0.6) is 0 Å². The molecule has 1 aliphatic rings. The molecule has 1 saturated carbocycles. The first-order chi connectivity index (χ1) is 9.20. The van der Waals surface area contributed by atoms with E-state index in [1.807, 2.05) is 0 Å². The van der Waals surface area contributed by atoms with Crippen LogP contribution in [0.2, 0.25) is 0 Å². The Hall–Kier alpha value is -1.03. The van der Waals surface area contributed by atoms with Crippen molar-refractivity contribution in [1.82, 2.24) is 10.6 Å². The van der Waals surface area contributed by atoms with E-state index >= 15 is 0 Å². The zero-order chi connectivity index (χ0) is 13.7. The zero-order valence-corrected chi connectivity index (χ0v) is 13.3. The van der Waals surface area contributed by atoms with Crippen molar-refractivity contribution in [3.05, 3.63) is 34.3 Å². The molecule has 3 nitrogen and oxygen atoms in total. The maximum Gasteiger partial charge on any atom is 0.191 e. The first kappa shape index (κ1) is 14.4. The number of hydrogen-bond acceptors (Lipinski definition) is 1. The topological polar surface area (TPSA) is 36.4 Å². The number of benzene rings is 1. The van der Waals surface area contributed by atoms with Crippen molar-refractivity contribution >= 4 is 21.9 Å². The van der Waals surface area contributed by atoms with Crippen LogP contribution in [0, 0.1) is 0 Å². The number of nitrogens with zero attached hydrogens (tertiary/aromatic N) is 1. The van der Waals surface area contributed by atoms with Gasteiger partial charge in [0.2, 0.25) is 0 Å². The van der Waals surface area contributed by atoms with E-state index in [1.165, 1.54) is 18.4 Å². The van der Waals surface area contributed by atoms with Gasteiger partial charge in [0.05, 0.1) is 6.54 Å². The smallest absolute Gasteiger partial charge is 0.191 e. The standard InChI is InChI=1S/C15H22BrN3/c1-3-17-14(18-4-2)19-11-15(8-9-15)12-6-5-7-13(16)10-12/h5-7,10H,3-4,8-9,11H2,1-2H3,(H2,17,18,19). The molecule has 1 aromatic carbocycles. The summed E-state index contributed by atoms with van der Waals surface area (Å²) in [5, 5.41) is 6.55. The van der Waals surface area contributed by atoms with Crippen molar-refractivity contribution in [2.45, 2.75) is 32.1 Å². The Balaban J connectivity index is 2.07. The lowest BCUT2D eigenvalue weighted by Crippen LogP contribution is -2.37. The minimum absolute atomic E-state index is 0.264. The van der Waals surface area contributed by atoms with Gasteiger partial charge in [-0.05, 0) is 44.4 Å². The molecule has 104 valence electrons. The monoisotopic (exact) mass is 323 g/mol. The van der Waals surface area contributed by atoms with E-state index in [0.29, 0.717) is 0 Å². The van der Waals surface area contributed by atoms with Gasteiger partial charge in [0.15, 0.2) is 5.96 Å². The molecule has 0 aromatic heterocycles. The third-order valence-electron chi connectivity index (χ3n) is 3.52. The summed E-state index contributed by atoms with van der Waals surface area (Å²) in [6.45, 7) is 6.84. The molecule has 0 radical (unpaired) electrons. The summed E-state index contributed by atoms with van der Waals surface area (Å²) in [7, 11) is 0. The Labute approximate surface area is 124 Å². The summed E-state index contributed by atoms with van der Waals surface area (Å²) >= 11 is 3.55. The summed E-state index contributed by atoms with van der Waals surface area (Å²) in [5.74, 6) is 0.922. The average Bonchev–Trinajstić information content (AvgIpc) is 3.18. The Morgan fingerprint density at radius 3 is 2.47 bits per heavy atom. The summed E-state index contributed by atoms with van der Waals surface area (Å²) in [6.07, 6.45) is 2.47. The van der Waals surface area contributed by atoms with Crippen molar-refractivity contribution < 1.29 is 0 Å². The molecule has 0 aliphatic heterocycles. The SMILES string of the molecule is CCNC(=NCC1(c2cccc(Br)c2)CC1)NCC. The second kappa shape index (κ2) is 6.42. The van der Waals surface area contributed by atoms with Crippen LogP contribution in [0.15, 0.2) is 33.7 Å². The minimum Gasteiger partial charge on any atom is -0.357 e. The molecule has 0 amide bonds. The van der Waals surface area contributed by atoms with Crippen LogP contribution in [0.3, 0.4) is 0 Å². The quantitative estimate of drug-likeness (QED) is 0.645. The van der Waals surface area contributed by atoms with Crippen molar-refractivity contribution in [3.8, 4) is 0 Å². The molecule has 0 atom stereocenters. The van der Waals surface area contributed by atoms with Gasteiger partial charge in [0.1, 0.15) is 0 Å². The van der Waals surface area contributed by atoms with E-state index in [-0.39, 0.29) is 5.41 Å². The average molecular weight is 324 g/mol. The van der Waals surface area contributed by atoms with Crippen LogP contribution in [-0.2, 0) is 5.41 Å². The molecule has 0 unspecified atom stereocenters. The number of guanidine groups is 1. The van der Waals surface area contributed by atoms with E-state index < -0.39 is 0 Å². The lowest BCUT2D eigenvalue weighted by Gasteiger charge is -2.15. The molecular formula is C15H22BrN3. The number of rotatable bonds is 5. The minimum atomic E-state index is 0.264. The van der Waals surface area contributed by atoms with Crippen molar-refractivity contribution in [1.29, 1.82) is 0 Å². The lowest BCUT2D eigenvalue weighted by atomic mass is 9.96. The number of aliphatic imine (C=N–C) groups is 1. The summed E-state index contributed by atoms with van der Waals surface area (Å²) in [6, 6.07) is 8.63. The number of nitrogens with one attached hydrogen (secondary N) is 2. The van der Waals surface area contributed by atoms with E-state index in [0.717, 1.165) is 30.1 Å². The second-order valence-electron chi connectivity index (χ2n) is 5.02. The van der Waals surface area contributed by atoms with Gasteiger partial charge in [0, 0.05) is 23.0 Å². The van der Waals surface area contributed by atoms with Crippen molar-refractivity contribution in [2.75, 3.05) is 19.6 Å². The lowest BCUT2D eigenvalue weighted by molar-refractivity contribution is 0.694. The van der Waals surface area contributed by atoms with Gasteiger partial charge in [-0.25, -0.2) is 0 Å². The molecular weight excluding hydrogens is 302 g/mol. The highest BCUT2D eigenvalue weighted by Crippen LogP contribution is 2.48. The fourth-order valence-electron chi connectivity index (χ4n) is 2.25. The summed E-state index contributed by atoms with van der Waals surface area (Å²) < 4.78 is 1.15. The van der Waals surface area contributed by atoms with Gasteiger partial charge in [0.25, 0.3) is 0 Å². The summed E-state index contributed by atoms with van der Waals surface area (Å²) in [4.78, 5) is 4.72. The van der Waals surface area contributed by atoms with Gasteiger partial charge < -0.3 is 10.6 Å². The van der Waals surface area contributed by atoms with E-state index in [9.17, 15) is 0 Å². The molecule has 0 bridgehead atoms. The van der Waals surface area contributed by atoms with E-state index in [2.05, 4.69) is 64.7 Å². The largest absolute Gasteiger partial charge is 0.357 e. The van der Waals surface area contributed by atoms with Crippen LogP contribution in [0.4, 0.5) is 0 Å². The van der Waals surface area contributed by atoms with Gasteiger partial charge in [-0.3, -0.25) is 4.99 Å². The normalized spacial score (nSPS) is 15.7. The predicted molar refractivity (Wildman–Crippen MR) is 84.7 cm³/mol. The molecule has 1 aliphatic carbocycles. The molecule has 1 aromatic rings. The third kappa shape index (κ3) is 3.72. The highest BCUT2D eigenvalue weighted by Gasteiger charge is 2.44. The molecule has 19 heavy (non-hydrogen) atoms. The van der Waals surface area contributed by atoms with E-state index in [4.69, 9.17) is 4.99 Å². The maximum absolute atomic E-state index is 4.72. The van der Waals surface area contributed by atoms with Crippen LogP contribution in [-0.4, -0.2) is 25.6 Å². The van der Waals surface area contributed by atoms with Gasteiger partial charge in [-0.1, -0.05) is 28.1 Å². The number of hydrogen-bond donors (Lipinski definition) is 2. The molecule has 2 rings (SSSR count). The highest BCUT2D eigenvalue weighted by atomic mass is 79.9. The Morgan fingerprint density at radius 1 is 1.26 bits per heavy atom. The maximum atomic E-state index is 4.72. The van der Waals surface area contributed by atoms with Crippen molar-refractivity contribution in [3.63, 3.8) is 0 Å². The zero-order valence-electron chi connectivity index (χ0n) is 11.7. The van der Waals surface area contributed by atoms with Crippen LogP contribution < -0.4 is 10.6 Å². The van der Waals surface area contributed by atoms with Gasteiger partial charge in [-0.15, -0.1) is 0 Å². The molecule has 0 heterocycles. The molecule has 0 spiro atoms.